The lowest BCUT2D eigenvalue weighted by Crippen LogP contribution is -2.47. The lowest BCUT2D eigenvalue weighted by molar-refractivity contribution is 0.246. The van der Waals surface area contributed by atoms with Gasteiger partial charge < -0.3 is 9.72 Å². The first kappa shape index (κ1) is 12.5. The van der Waals surface area contributed by atoms with Crippen LogP contribution in [0.15, 0.2) is 47.5 Å². The molecule has 0 aliphatic carbocycles. The number of anilines is 1. The van der Waals surface area contributed by atoms with Crippen molar-refractivity contribution in [3.8, 4) is 0 Å². The summed E-state index contributed by atoms with van der Waals surface area (Å²) >= 11 is 0. The number of hydrogen-bond acceptors (Lipinski definition) is 2. The number of pyridine rings is 2. The second-order valence-corrected chi connectivity index (χ2v) is 4.87. The molecule has 2 aromatic heterocycles. The highest BCUT2D eigenvalue weighted by atomic mass is 16.2. The number of aromatic nitrogens is 1. The summed E-state index contributed by atoms with van der Waals surface area (Å²) in [5.41, 5.74) is 2.55. The molecule has 0 bridgehead atoms. The summed E-state index contributed by atoms with van der Waals surface area (Å²) in [4.78, 5) is 25.9. The SMILES string of the molecule is C=C1CCN(c2c(C)n3ccccc3cc2=O)C(=O)N1. The summed E-state index contributed by atoms with van der Waals surface area (Å²) in [5.74, 6) is 0. The van der Waals surface area contributed by atoms with Crippen LogP contribution in [0.2, 0.25) is 0 Å². The van der Waals surface area contributed by atoms with Crippen LogP contribution in [0.1, 0.15) is 12.1 Å². The molecule has 5 heteroatoms. The minimum absolute atomic E-state index is 0.142. The largest absolute Gasteiger partial charge is 0.326 e. The zero-order chi connectivity index (χ0) is 14.3. The van der Waals surface area contributed by atoms with E-state index in [1.165, 1.54) is 4.90 Å². The number of hydrogen-bond donors (Lipinski definition) is 1. The molecule has 0 aromatic carbocycles. The second-order valence-electron chi connectivity index (χ2n) is 4.87. The van der Waals surface area contributed by atoms with Gasteiger partial charge in [-0.1, -0.05) is 12.6 Å². The predicted octanol–water partition coefficient (Wildman–Crippen LogP) is 2.04. The van der Waals surface area contributed by atoms with Gasteiger partial charge in [0, 0.05) is 42.1 Å². The van der Waals surface area contributed by atoms with Gasteiger partial charge in [-0.15, -0.1) is 0 Å². The van der Waals surface area contributed by atoms with E-state index < -0.39 is 0 Å². The van der Waals surface area contributed by atoms with Crippen molar-refractivity contribution in [3.05, 3.63) is 58.7 Å². The summed E-state index contributed by atoms with van der Waals surface area (Å²) in [6.45, 7) is 6.07. The molecule has 5 nitrogen and oxygen atoms in total. The Balaban J connectivity index is 2.19. The maximum Gasteiger partial charge on any atom is 0.326 e. The van der Waals surface area contributed by atoms with Crippen LogP contribution in [-0.4, -0.2) is 17.0 Å². The van der Waals surface area contributed by atoms with Gasteiger partial charge in [0.2, 0.25) is 5.43 Å². The van der Waals surface area contributed by atoms with Crippen molar-refractivity contribution in [2.45, 2.75) is 13.3 Å². The number of nitrogens with zero attached hydrogens (tertiary/aromatic N) is 2. The summed E-state index contributed by atoms with van der Waals surface area (Å²) in [6.07, 6.45) is 2.52. The maximum atomic E-state index is 12.3. The minimum Gasteiger partial charge on any atom is -0.319 e. The van der Waals surface area contributed by atoms with E-state index in [9.17, 15) is 9.59 Å². The van der Waals surface area contributed by atoms with Crippen molar-refractivity contribution < 1.29 is 4.79 Å². The fourth-order valence-electron chi connectivity index (χ4n) is 2.55. The zero-order valence-electron chi connectivity index (χ0n) is 11.2. The lowest BCUT2D eigenvalue weighted by atomic mass is 10.2. The van der Waals surface area contributed by atoms with E-state index in [0.717, 1.165) is 11.2 Å². The van der Waals surface area contributed by atoms with Crippen LogP contribution in [-0.2, 0) is 0 Å². The summed E-state index contributed by atoms with van der Waals surface area (Å²) in [7, 11) is 0. The van der Waals surface area contributed by atoms with E-state index in [0.29, 0.717) is 24.4 Å². The third kappa shape index (κ3) is 1.87. The van der Waals surface area contributed by atoms with E-state index in [1.807, 2.05) is 35.7 Å². The molecule has 3 rings (SSSR count). The van der Waals surface area contributed by atoms with Crippen LogP contribution in [0.25, 0.3) is 5.52 Å². The van der Waals surface area contributed by atoms with Gasteiger partial charge in [-0.3, -0.25) is 9.69 Å². The molecule has 0 unspecified atom stereocenters. The molecule has 1 aliphatic heterocycles. The van der Waals surface area contributed by atoms with Crippen LogP contribution in [0.5, 0.6) is 0 Å². The van der Waals surface area contributed by atoms with Gasteiger partial charge >= 0.3 is 6.03 Å². The molecule has 2 aromatic rings. The lowest BCUT2D eigenvalue weighted by Gasteiger charge is -2.29. The molecule has 1 saturated heterocycles. The van der Waals surface area contributed by atoms with Crippen LogP contribution < -0.4 is 15.6 Å². The molecule has 0 spiro atoms. The number of carbonyl (C=O) groups excluding carboxylic acids is 1. The van der Waals surface area contributed by atoms with Crippen LogP contribution in [0, 0.1) is 6.92 Å². The third-order valence-electron chi connectivity index (χ3n) is 3.54. The monoisotopic (exact) mass is 269 g/mol. The normalized spacial score (nSPS) is 15.6. The Bertz CT molecular complexity index is 776. The van der Waals surface area contributed by atoms with Gasteiger partial charge in [0.05, 0.1) is 0 Å². The Labute approximate surface area is 116 Å². The first-order chi connectivity index (χ1) is 9.58. The molecule has 1 aliphatic rings. The van der Waals surface area contributed by atoms with Crippen molar-refractivity contribution in [1.82, 2.24) is 9.72 Å². The molecule has 2 amide bonds. The van der Waals surface area contributed by atoms with Crippen LogP contribution in [0.4, 0.5) is 10.5 Å². The van der Waals surface area contributed by atoms with Crippen molar-refractivity contribution >= 4 is 17.2 Å². The molecular formula is C15H15N3O2. The molecule has 0 radical (unpaired) electrons. The van der Waals surface area contributed by atoms with Crippen molar-refractivity contribution in [1.29, 1.82) is 0 Å². The number of urea groups is 1. The topological polar surface area (TPSA) is 53.8 Å². The minimum atomic E-state index is -0.294. The predicted molar refractivity (Wildman–Crippen MR) is 78.0 cm³/mol. The molecule has 0 saturated carbocycles. The van der Waals surface area contributed by atoms with Crippen LogP contribution in [0.3, 0.4) is 0 Å². The summed E-state index contributed by atoms with van der Waals surface area (Å²) in [5, 5.41) is 2.67. The first-order valence-electron chi connectivity index (χ1n) is 6.45. The average Bonchev–Trinajstić information content (AvgIpc) is 2.41. The van der Waals surface area contributed by atoms with Gasteiger partial charge in [0.25, 0.3) is 0 Å². The molecule has 1 fully saturated rings. The van der Waals surface area contributed by atoms with Crippen molar-refractivity contribution in [2.75, 3.05) is 11.4 Å². The maximum absolute atomic E-state index is 12.3. The highest BCUT2D eigenvalue weighted by Crippen LogP contribution is 2.20. The molecule has 3 heterocycles. The van der Waals surface area contributed by atoms with E-state index >= 15 is 0 Å². The Morgan fingerprint density at radius 3 is 2.85 bits per heavy atom. The second kappa shape index (κ2) is 4.52. The van der Waals surface area contributed by atoms with E-state index in [4.69, 9.17) is 0 Å². The molecule has 0 atom stereocenters. The van der Waals surface area contributed by atoms with Gasteiger partial charge in [0.1, 0.15) is 5.69 Å². The smallest absolute Gasteiger partial charge is 0.319 e. The zero-order valence-corrected chi connectivity index (χ0v) is 11.2. The van der Waals surface area contributed by atoms with Gasteiger partial charge in [0.15, 0.2) is 0 Å². The molecular weight excluding hydrogens is 254 g/mol. The first-order valence-corrected chi connectivity index (χ1v) is 6.45. The number of aryl methyl sites for hydroxylation is 1. The number of fused-ring (bicyclic) bond motifs is 1. The van der Waals surface area contributed by atoms with Gasteiger partial charge in [-0.25, -0.2) is 4.79 Å². The Morgan fingerprint density at radius 2 is 2.10 bits per heavy atom. The number of rotatable bonds is 1. The van der Waals surface area contributed by atoms with Gasteiger partial charge in [-0.05, 0) is 19.1 Å². The Morgan fingerprint density at radius 1 is 1.30 bits per heavy atom. The number of amides is 2. The van der Waals surface area contributed by atoms with Crippen molar-refractivity contribution in [3.63, 3.8) is 0 Å². The number of carbonyl (C=O) groups is 1. The summed E-state index contributed by atoms with van der Waals surface area (Å²) < 4.78 is 1.91. The van der Waals surface area contributed by atoms with E-state index in [2.05, 4.69) is 11.9 Å². The van der Waals surface area contributed by atoms with Gasteiger partial charge in [-0.2, -0.15) is 0 Å². The molecule has 102 valence electrons. The Hall–Kier alpha value is -2.56. The molecule has 20 heavy (non-hydrogen) atoms. The fraction of sp³-hybridized carbons (Fsp3) is 0.200. The average molecular weight is 269 g/mol. The van der Waals surface area contributed by atoms with E-state index in [1.54, 1.807) is 6.07 Å². The third-order valence-corrected chi connectivity index (χ3v) is 3.54. The fourth-order valence-corrected chi connectivity index (χ4v) is 2.55. The highest BCUT2D eigenvalue weighted by Gasteiger charge is 2.25. The highest BCUT2D eigenvalue weighted by molar-refractivity contribution is 5.94. The summed E-state index contributed by atoms with van der Waals surface area (Å²) in [6, 6.07) is 6.91. The van der Waals surface area contributed by atoms with E-state index in [-0.39, 0.29) is 11.5 Å². The standard InChI is InChI=1S/C15H15N3O2/c1-10-6-8-18(15(20)16-10)14-11(2)17-7-4-3-5-12(17)9-13(14)19/h3-5,7,9H,1,6,8H2,2H3,(H,16,20). The van der Waals surface area contributed by atoms with Crippen LogP contribution >= 0.6 is 0 Å². The Kier molecular flexibility index (Phi) is 2.82. The van der Waals surface area contributed by atoms with Crippen molar-refractivity contribution in [2.24, 2.45) is 0 Å². The molecule has 1 N–H and O–H groups in total. The number of nitrogens with one attached hydrogen (secondary N) is 1. The quantitative estimate of drug-likeness (QED) is 0.861.